The minimum absolute atomic E-state index is 0.0344. The molecule has 0 bridgehead atoms. The first kappa shape index (κ1) is 22.4. The largest absolute Gasteiger partial charge is 0.354 e. The van der Waals surface area contributed by atoms with Crippen molar-refractivity contribution in [1.82, 2.24) is 24.5 Å². The number of aromatic nitrogens is 4. The van der Waals surface area contributed by atoms with Crippen molar-refractivity contribution in [3.63, 3.8) is 0 Å². The number of fused-ring (bicyclic) bond motifs is 3. The van der Waals surface area contributed by atoms with Crippen LogP contribution in [0.1, 0.15) is 31.4 Å². The molecule has 32 heavy (non-hydrogen) atoms. The Morgan fingerprint density at radius 3 is 2.72 bits per heavy atom. The number of rotatable bonds is 7. The first-order valence-electron chi connectivity index (χ1n) is 10.4. The molecule has 0 aliphatic carbocycles. The molecule has 0 saturated heterocycles. The highest BCUT2D eigenvalue weighted by Gasteiger charge is 2.18. The fourth-order valence-electron chi connectivity index (χ4n) is 3.58. The Hall–Kier alpha value is -2.84. The maximum absolute atomic E-state index is 13.2. The zero-order chi connectivity index (χ0) is 22.8. The average molecular weight is 470 g/mol. The summed E-state index contributed by atoms with van der Waals surface area (Å²) in [5, 5.41) is 13.2. The fourth-order valence-corrected chi connectivity index (χ4v) is 4.76. The molecule has 0 saturated carbocycles. The third-order valence-electron chi connectivity index (χ3n) is 5.16. The number of halogens is 1. The number of nitrogens with zero attached hydrogens (tertiary/aromatic N) is 4. The standard InChI is InChI=1S/C23H24ClN5O2S/c1-14(2)25-20(30)10-11-28-21(31)18-12-17(24)8-9-19(18)29-22(28)26-27-23(29)32-13-16-7-5-4-6-15(16)3/h4-9,12,14H,10-11,13H2,1-3H3,(H,25,30). The van der Waals surface area contributed by atoms with E-state index in [2.05, 4.69) is 34.6 Å². The van der Waals surface area contributed by atoms with Crippen molar-refractivity contribution in [2.45, 2.75) is 50.7 Å². The predicted molar refractivity (Wildman–Crippen MR) is 128 cm³/mol. The zero-order valence-electron chi connectivity index (χ0n) is 18.1. The molecule has 0 spiro atoms. The molecule has 0 unspecified atom stereocenters. The van der Waals surface area contributed by atoms with Gasteiger partial charge in [-0.1, -0.05) is 47.6 Å². The maximum atomic E-state index is 13.2. The molecule has 0 aliphatic rings. The molecule has 0 radical (unpaired) electrons. The number of hydrogen-bond donors (Lipinski definition) is 1. The van der Waals surface area contributed by atoms with Crippen LogP contribution in [0, 0.1) is 6.92 Å². The smallest absolute Gasteiger partial charge is 0.262 e. The quantitative estimate of drug-likeness (QED) is 0.410. The second-order valence-electron chi connectivity index (χ2n) is 7.92. The molecule has 2 heterocycles. The van der Waals surface area contributed by atoms with Gasteiger partial charge in [0.1, 0.15) is 0 Å². The van der Waals surface area contributed by atoms with Gasteiger partial charge >= 0.3 is 0 Å². The third-order valence-corrected chi connectivity index (χ3v) is 6.38. The second-order valence-corrected chi connectivity index (χ2v) is 9.30. The van der Waals surface area contributed by atoms with Gasteiger partial charge in [0.25, 0.3) is 5.56 Å². The lowest BCUT2D eigenvalue weighted by Gasteiger charge is -2.13. The molecule has 2 aromatic carbocycles. The number of nitrogens with one attached hydrogen (secondary N) is 1. The number of hydrogen-bond acceptors (Lipinski definition) is 5. The predicted octanol–water partition coefficient (Wildman–Crippen LogP) is 4.21. The highest BCUT2D eigenvalue weighted by molar-refractivity contribution is 7.98. The SMILES string of the molecule is Cc1ccccc1CSc1nnc2n(CCC(=O)NC(C)C)c(=O)c3cc(Cl)ccc3n12. The summed E-state index contributed by atoms with van der Waals surface area (Å²) in [6.45, 7) is 6.08. The molecule has 2 aromatic heterocycles. The molecule has 0 atom stereocenters. The van der Waals surface area contributed by atoms with Crippen molar-refractivity contribution < 1.29 is 4.79 Å². The molecule has 0 aliphatic heterocycles. The third kappa shape index (κ3) is 4.52. The topological polar surface area (TPSA) is 81.3 Å². The Morgan fingerprint density at radius 1 is 1.19 bits per heavy atom. The van der Waals surface area contributed by atoms with Crippen LogP contribution in [0.5, 0.6) is 0 Å². The Labute approximate surface area is 194 Å². The summed E-state index contributed by atoms with van der Waals surface area (Å²) in [5.74, 6) is 1.01. The first-order valence-corrected chi connectivity index (χ1v) is 11.8. The van der Waals surface area contributed by atoms with Crippen molar-refractivity contribution in [3.8, 4) is 0 Å². The first-order chi connectivity index (χ1) is 15.3. The zero-order valence-corrected chi connectivity index (χ0v) is 19.7. The van der Waals surface area contributed by atoms with Gasteiger partial charge in [-0.25, -0.2) is 0 Å². The summed E-state index contributed by atoms with van der Waals surface area (Å²) in [6, 6.07) is 13.4. The van der Waals surface area contributed by atoms with Gasteiger partial charge in [0, 0.05) is 29.8 Å². The Bertz CT molecular complexity index is 1360. The van der Waals surface area contributed by atoms with Crippen molar-refractivity contribution in [2.24, 2.45) is 0 Å². The average Bonchev–Trinajstić information content (AvgIpc) is 3.16. The Morgan fingerprint density at radius 2 is 1.97 bits per heavy atom. The van der Waals surface area contributed by atoms with E-state index in [-0.39, 0.29) is 30.5 Å². The number of thioether (sulfide) groups is 1. The Kier molecular flexibility index (Phi) is 6.53. The molecule has 166 valence electrons. The van der Waals surface area contributed by atoms with Crippen LogP contribution < -0.4 is 10.9 Å². The summed E-state index contributed by atoms with van der Waals surface area (Å²) >= 11 is 7.75. The van der Waals surface area contributed by atoms with Gasteiger partial charge < -0.3 is 5.32 Å². The van der Waals surface area contributed by atoms with Gasteiger partial charge in [-0.15, -0.1) is 10.2 Å². The molecular formula is C23H24ClN5O2S. The fraction of sp³-hybridized carbons (Fsp3) is 0.304. The van der Waals surface area contributed by atoms with Crippen LogP contribution in [0.15, 0.2) is 52.4 Å². The number of amides is 1. The molecule has 9 heteroatoms. The van der Waals surface area contributed by atoms with Gasteiger partial charge in [0.05, 0.1) is 10.9 Å². The highest BCUT2D eigenvalue weighted by Crippen LogP contribution is 2.26. The van der Waals surface area contributed by atoms with E-state index in [0.717, 1.165) is 5.75 Å². The minimum atomic E-state index is -0.241. The van der Waals surface area contributed by atoms with Crippen LogP contribution in [0.4, 0.5) is 0 Å². The maximum Gasteiger partial charge on any atom is 0.262 e. The molecule has 4 aromatic rings. The lowest BCUT2D eigenvalue weighted by Crippen LogP contribution is -2.32. The molecule has 4 rings (SSSR count). The Balaban J connectivity index is 1.78. The van der Waals surface area contributed by atoms with E-state index in [9.17, 15) is 9.59 Å². The molecule has 0 fully saturated rings. The molecule has 7 nitrogen and oxygen atoms in total. The van der Waals surface area contributed by atoms with Gasteiger partial charge in [0.2, 0.25) is 11.7 Å². The number of carbonyl (C=O) groups excluding carboxylic acids is 1. The summed E-state index contributed by atoms with van der Waals surface area (Å²) in [6.07, 6.45) is 0.165. The van der Waals surface area contributed by atoms with Gasteiger partial charge in [-0.2, -0.15) is 0 Å². The number of aryl methyl sites for hydroxylation is 2. The van der Waals surface area contributed by atoms with Gasteiger partial charge in [-0.3, -0.25) is 18.6 Å². The van der Waals surface area contributed by atoms with E-state index >= 15 is 0 Å². The summed E-state index contributed by atoms with van der Waals surface area (Å²) < 4.78 is 3.37. The van der Waals surface area contributed by atoms with E-state index in [1.54, 1.807) is 23.9 Å². The van der Waals surface area contributed by atoms with Crippen LogP contribution >= 0.6 is 23.4 Å². The van der Waals surface area contributed by atoms with Crippen LogP contribution in [-0.4, -0.2) is 31.1 Å². The summed E-state index contributed by atoms with van der Waals surface area (Å²) in [5.41, 5.74) is 2.86. The molecule has 1 amide bonds. The van der Waals surface area contributed by atoms with Crippen molar-refractivity contribution in [1.29, 1.82) is 0 Å². The lowest BCUT2D eigenvalue weighted by molar-refractivity contribution is -0.121. The highest BCUT2D eigenvalue weighted by atomic mass is 35.5. The van der Waals surface area contributed by atoms with Crippen molar-refractivity contribution in [2.75, 3.05) is 0 Å². The van der Waals surface area contributed by atoms with E-state index in [1.165, 1.54) is 15.7 Å². The van der Waals surface area contributed by atoms with Crippen LogP contribution in [0.3, 0.4) is 0 Å². The van der Waals surface area contributed by atoms with Crippen LogP contribution in [-0.2, 0) is 17.1 Å². The van der Waals surface area contributed by atoms with Gasteiger partial charge in [0.15, 0.2) is 5.16 Å². The van der Waals surface area contributed by atoms with E-state index in [1.807, 2.05) is 36.4 Å². The molecule has 1 N–H and O–H groups in total. The minimum Gasteiger partial charge on any atom is -0.354 e. The summed E-state index contributed by atoms with van der Waals surface area (Å²) in [4.78, 5) is 25.4. The van der Waals surface area contributed by atoms with Gasteiger partial charge in [-0.05, 0) is 50.1 Å². The lowest BCUT2D eigenvalue weighted by atomic mass is 10.1. The van der Waals surface area contributed by atoms with Crippen molar-refractivity contribution in [3.05, 3.63) is 69.0 Å². The van der Waals surface area contributed by atoms with Crippen LogP contribution in [0.2, 0.25) is 5.02 Å². The summed E-state index contributed by atoms with van der Waals surface area (Å²) in [7, 11) is 0. The monoisotopic (exact) mass is 469 g/mol. The number of carbonyl (C=O) groups is 1. The van der Waals surface area contributed by atoms with E-state index < -0.39 is 0 Å². The normalized spacial score (nSPS) is 11.5. The number of benzene rings is 2. The molecular weight excluding hydrogens is 446 g/mol. The second kappa shape index (κ2) is 9.34. The van der Waals surface area contributed by atoms with E-state index in [0.29, 0.717) is 26.9 Å². The van der Waals surface area contributed by atoms with Crippen molar-refractivity contribution >= 4 is 46.0 Å². The van der Waals surface area contributed by atoms with Crippen LogP contribution in [0.25, 0.3) is 16.7 Å². The van der Waals surface area contributed by atoms with E-state index in [4.69, 9.17) is 11.6 Å².